The van der Waals surface area contributed by atoms with E-state index in [2.05, 4.69) is 4.72 Å². The number of nitro groups is 1. The molecular weight excluding hydrogens is 288 g/mol. The van der Waals surface area contributed by atoms with Crippen molar-refractivity contribution < 1.29 is 13.3 Å². The Morgan fingerprint density at radius 1 is 1.53 bits per heavy atom. The van der Waals surface area contributed by atoms with Crippen molar-refractivity contribution >= 4 is 38.6 Å². The fraction of sp³-hybridized carbons (Fsp3) is 0.500. The number of rotatable bonds is 4. The molecule has 1 aliphatic rings. The van der Waals surface area contributed by atoms with Crippen molar-refractivity contribution in [1.82, 2.24) is 4.72 Å². The zero-order chi connectivity index (χ0) is 12.6. The van der Waals surface area contributed by atoms with E-state index >= 15 is 0 Å². The number of hydrogen-bond acceptors (Lipinski definition) is 5. The molecule has 0 aliphatic heterocycles. The van der Waals surface area contributed by atoms with E-state index in [1.165, 1.54) is 0 Å². The van der Waals surface area contributed by atoms with Gasteiger partial charge in [0, 0.05) is 12.1 Å². The number of sulfonamides is 1. The lowest BCUT2D eigenvalue weighted by atomic mass is 9.94. The van der Waals surface area contributed by atoms with Crippen molar-refractivity contribution in [1.29, 1.82) is 0 Å². The quantitative estimate of drug-likeness (QED) is 0.681. The summed E-state index contributed by atoms with van der Waals surface area (Å²) in [5, 5.41) is 10.6. The molecule has 2 rings (SSSR count). The van der Waals surface area contributed by atoms with Gasteiger partial charge in [-0.05, 0) is 12.8 Å². The summed E-state index contributed by atoms with van der Waals surface area (Å²) in [6.07, 6.45) is 2.61. The number of thiophene rings is 1. The molecular formula is C8H9ClN2O4S2. The molecule has 0 amide bonds. The van der Waals surface area contributed by atoms with E-state index in [0.29, 0.717) is 11.3 Å². The van der Waals surface area contributed by atoms with Gasteiger partial charge >= 0.3 is 0 Å². The van der Waals surface area contributed by atoms with E-state index in [9.17, 15) is 18.5 Å². The largest absolute Gasteiger partial charge is 0.300 e. The highest BCUT2D eigenvalue weighted by Crippen LogP contribution is 2.36. The van der Waals surface area contributed by atoms with Gasteiger partial charge in [0.1, 0.15) is 4.21 Å². The maximum Gasteiger partial charge on any atom is 0.300 e. The average Bonchev–Trinajstić information content (AvgIpc) is 2.55. The van der Waals surface area contributed by atoms with E-state index in [1.54, 1.807) is 0 Å². The van der Waals surface area contributed by atoms with Crippen molar-refractivity contribution in [2.75, 3.05) is 0 Å². The normalized spacial score (nSPS) is 16.8. The van der Waals surface area contributed by atoms with Crippen LogP contribution in [0.25, 0.3) is 0 Å². The first-order valence-corrected chi connectivity index (χ1v) is 7.54. The minimum Gasteiger partial charge on any atom is -0.258 e. The molecule has 1 aromatic heterocycles. The van der Waals surface area contributed by atoms with E-state index in [1.807, 2.05) is 0 Å². The summed E-state index contributed by atoms with van der Waals surface area (Å²) >= 11 is 6.31. The molecule has 17 heavy (non-hydrogen) atoms. The number of hydrogen-bond donors (Lipinski definition) is 1. The molecule has 0 radical (unpaired) electrons. The summed E-state index contributed by atoms with van der Waals surface area (Å²) in [7, 11) is -3.68. The third-order valence-electron chi connectivity index (χ3n) is 2.53. The summed E-state index contributed by atoms with van der Waals surface area (Å²) in [6.45, 7) is 0. The molecule has 0 atom stereocenters. The molecule has 1 heterocycles. The fourth-order valence-electron chi connectivity index (χ4n) is 1.40. The highest BCUT2D eigenvalue weighted by Gasteiger charge is 2.29. The molecule has 0 aromatic carbocycles. The van der Waals surface area contributed by atoms with Gasteiger partial charge in [-0.3, -0.25) is 10.1 Å². The van der Waals surface area contributed by atoms with Gasteiger partial charge in [0.2, 0.25) is 0 Å². The first kappa shape index (κ1) is 12.7. The van der Waals surface area contributed by atoms with Gasteiger partial charge in [0.25, 0.3) is 15.7 Å². The van der Waals surface area contributed by atoms with Crippen LogP contribution in [0.4, 0.5) is 5.69 Å². The van der Waals surface area contributed by atoms with Gasteiger partial charge in [-0.1, -0.05) is 18.0 Å². The Morgan fingerprint density at radius 3 is 2.59 bits per heavy atom. The number of nitrogens with one attached hydrogen (secondary N) is 1. The van der Waals surface area contributed by atoms with E-state index in [4.69, 9.17) is 11.6 Å². The van der Waals surface area contributed by atoms with Crippen LogP contribution in [0, 0.1) is 10.1 Å². The maximum absolute atomic E-state index is 11.8. The Hall–Kier alpha value is -0.700. The van der Waals surface area contributed by atoms with Crippen LogP contribution in [0.5, 0.6) is 0 Å². The Bertz CT molecular complexity index is 550. The van der Waals surface area contributed by atoms with Crippen molar-refractivity contribution in [2.45, 2.75) is 29.5 Å². The van der Waals surface area contributed by atoms with Gasteiger partial charge in [-0.15, -0.1) is 11.3 Å². The third-order valence-corrected chi connectivity index (χ3v) is 5.87. The molecule has 1 fully saturated rings. The maximum atomic E-state index is 11.8. The van der Waals surface area contributed by atoms with E-state index in [0.717, 1.165) is 25.3 Å². The van der Waals surface area contributed by atoms with E-state index in [-0.39, 0.29) is 20.3 Å². The minimum absolute atomic E-state index is 0.0556. The summed E-state index contributed by atoms with van der Waals surface area (Å²) in [4.78, 5) is 9.87. The predicted molar refractivity (Wildman–Crippen MR) is 63.9 cm³/mol. The Labute approximate surface area is 107 Å². The number of halogens is 1. The molecule has 1 aliphatic carbocycles. The second-order valence-corrected chi connectivity index (χ2v) is 7.33. The van der Waals surface area contributed by atoms with Crippen LogP contribution in [0.2, 0.25) is 4.34 Å². The molecule has 94 valence electrons. The van der Waals surface area contributed by atoms with Crippen molar-refractivity contribution in [3.05, 3.63) is 20.5 Å². The summed E-state index contributed by atoms with van der Waals surface area (Å²) in [5.41, 5.74) is -0.370. The van der Waals surface area contributed by atoms with Gasteiger partial charge in [0.15, 0.2) is 4.34 Å². The van der Waals surface area contributed by atoms with Gasteiger partial charge < -0.3 is 0 Å². The van der Waals surface area contributed by atoms with Crippen LogP contribution in [-0.4, -0.2) is 19.4 Å². The summed E-state index contributed by atoms with van der Waals surface area (Å²) in [5.74, 6) is 0. The molecule has 0 unspecified atom stereocenters. The Balaban J connectivity index is 2.26. The predicted octanol–water partition coefficient (Wildman–Crippen LogP) is 2.14. The first-order chi connectivity index (χ1) is 7.90. The molecule has 1 aromatic rings. The third kappa shape index (κ3) is 2.59. The average molecular weight is 297 g/mol. The van der Waals surface area contributed by atoms with Gasteiger partial charge in [-0.25, -0.2) is 13.1 Å². The highest BCUT2D eigenvalue weighted by molar-refractivity contribution is 7.91. The summed E-state index contributed by atoms with van der Waals surface area (Å²) < 4.78 is 25.9. The molecule has 0 saturated heterocycles. The smallest absolute Gasteiger partial charge is 0.258 e. The zero-order valence-corrected chi connectivity index (χ0v) is 10.9. The van der Waals surface area contributed by atoms with Crippen LogP contribution in [0.3, 0.4) is 0 Å². The molecule has 0 spiro atoms. The fourth-order valence-corrected chi connectivity index (χ4v) is 4.38. The molecule has 0 bridgehead atoms. The lowest BCUT2D eigenvalue weighted by Crippen LogP contribution is -2.39. The van der Waals surface area contributed by atoms with Crippen LogP contribution in [0.15, 0.2) is 10.3 Å². The number of nitrogens with zero attached hydrogens (tertiary/aromatic N) is 1. The standard InChI is InChI=1S/C8H9ClN2O4S2/c9-8-6(11(12)13)4-7(16-8)17(14,15)10-5-2-1-3-5/h4-5,10H,1-3H2. The SMILES string of the molecule is O=[N+]([O-])c1cc(S(=O)(=O)NC2CCC2)sc1Cl. The van der Waals surface area contributed by atoms with Crippen molar-refractivity contribution in [2.24, 2.45) is 0 Å². The monoisotopic (exact) mass is 296 g/mol. The second kappa shape index (κ2) is 4.52. The van der Waals surface area contributed by atoms with Crippen LogP contribution in [0.1, 0.15) is 19.3 Å². The Kier molecular flexibility index (Phi) is 3.39. The van der Waals surface area contributed by atoms with Crippen molar-refractivity contribution in [3.8, 4) is 0 Å². The van der Waals surface area contributed by atoms with Gasteiger partial charge in [-0.2, -0.15) is 0 Å². The molecule has 9 heteroatoms. The van der Waals surface area contributed by atoms with Crippen LogP contribution < -0.4 is 4.72 Å². The topological polar surface area (TPSA) is 89.3 Å². The Morgan fingerprint density at radius 2 is 2.18 bits per heavy atom. The zero-order valence-electron chi connectivity index (χ0n) is 8.55. The minimum atomic E-state index is -3.68. The summed E-state index contributed by atoms with van der Waals surface area (Å²) in [6, 6.07) is 0.938. The molecule has 1 N–H and O–H groups in total. The lowest BCUT2D eigenvalue weighted by Gasteiger charge is -2.25. The van der Waals surface area contributed by atoms with Gasteiger partial charge in [0.05, 0.1) is 4.92 Å². The molecule has 6 nitrogen and oxygen atoms in total. The lowest BCUT2D eigenvalue weighted by molar-refractivity contribution is -0.384. The molecule has 1 saturated carbocycles. The van der Waals surface area contributed by atoms with Crippen LogP contribution >= 0.6 is 22.9 Å². The van der Waals surface area contributed by atoms with Crippen LogP contribution in [-0.2, 0) is 10.0 Å². The second-order valence-electron chi connectivity index (χ2n) is 3.73. The van der Waals surface area contributed by atoms with E-state index < -0.39 is 14.9 Å². The van der Waals surface area contributed by atoms with Crippen molar-refractivity contribution in [3.63, 3.8) is 0 Å². The highest BCUT2D eigenvalue weighted by atomic mass is 35.5. The first-order valence-electron chi connectivity index (χ1n) is 4.86.